The predicted octanol–water partition coefficient (Wildman–Crippen LogP) is 2.08. The molecule has 1 saturated heterocycles. The third-order valence-corrected chi connectivity index (χ3v) is 4.29. The summed E-state index contributed by atoms with van der Waals surface area (Å²) in [6.07, 6.45) is 2.48. The standard InChI is InChI=1S/C17H25N3O/c1-3-19-8-9-21-16(12-19)13-20-7-6-15-10-14(11-18-2)4-5-17(15)20/h4-7,10,16,18H,3,8-9,11-13H2,1-2H3. The van der Waals surface area contributed by atoms with Gasteiger partial charge in [-0.2, -0.15) is 0 Å². The minimum absolute atomic E-state index is 0.297. The third kappa shape index (κ3) is 3.28. The highest BCUT2D eigenvalue weighted by Crippen LogP contribution is 2.19. The summed E-state index contributed by atoms with van der Waals surface area (Å²) >= 11 is 0. The highest BCUT2D eigenvalue weighted by atomic mass is 16.5. The molecule has 1 N–H and O–H groups in total. The number of benzene rings is 1. The van der Waals surface area contributed by atoms with Crippen molar-refractivity contribution in [1.29, 1.82) is 0 Å². The van der Waals surface area contributed by atoms with Crippen LogP contribution in [0.1, 0.15) is 12.5 Å². The summed E-state index contributed by atoms with van der Waals surface area (Å²) in [4.78, 5) is 2.46. The zero-order valence-electron chi connectivity index (χ0n) is 13.0. The first-order chi connectivity index (χ1) is 10.3. The van der Waals surface area contributed by atoms with Crippen molar-refractivity contribution in [2.75, 3.05) is 33.3 Å². The minimum Gasteiger partial charge on any atom is -0.374 e. The van der Waals surface area contributed by atoms with Gasteiger partial charge in [-0.05, 0) is 42.7 Å². The number of nitrogens with one attached hydrogen (secondary N) is 1. The maximum absolute atomic E-state index is 5.92. The Kier molecular flexibility index (Phi) is 4.58. The van der Waals surface area contributed by atoms with Crippen molar-refractivity contribution in [3.63, 3.8) is 0 Å². The summed E-state index contributed by atoms with van der Waals surface area (Å²) in [7, 11) is 1.98. The topological polar surface area (TPSA) is 29.4 Å². The van der Waals surface area contributed by atoms with Gasteiger partial charge >= 0.3 is 0 Å². The summed E-state index contributed by atoms with van der Waals surface area (Å²) < 4.78 is 8.24. The zero-order chi connectivity index (χ0) is 14.7. The fraction of sp³-hybridized carbons (Fsp3) is 0.529. The van der Waals surface area contributed by atoms with Gasteiger partial charge < -0.3 is 14.6 Å². The van der Waals surface area contributed by atoms with Gasteiger partial charge in [0.15, 0.2) is 0 Å². The summed E-state index contributed by atoms with van der Waals surface area (Å²) in [6.45, 7) is 8.13. The van der Waals surface area contributed by atoms with Crippen LogP contribution in [-0.2, 0) is 17.8 Å². The number of hydrogen-bond acceptors (Lipinski definition) is 3. The lowest BCUT2D eigenvalue weighted by Crippen LogP contribution is -2.43. The van der Waals surface area contributed by atoms with Crippen LogP contribution in [0.5, 0.6) is 0 Å². The number of nitrogens with zero attached hydrogens (tertiary/aromatic N) is 2. The Morgan fingerprint density at radius 2 is 2.24 bits per heavy atom. The molecule has 2 aromatic rings. The second kappa shape index (κ2) is 6.60. The largest absolute Gasteiger partial charge is 0.374 e. The van der Waals surface area contributed by atoms with Crippen molar-refractivity contribution < 1.29 is 4.74 Å². The Hall–Kier alpha value is -1.36. The third-order valence-electron chi connectivity index (χ3n) is 4.29. The van der Waals surface area contributed by atoms with Crippen LogP contribution >= 0.6 is 0 Å². The van der Waals surface area contributed by atoms with Crippen LogP contribution in [0.3, 0.4) is 0 Å². The summed E-state index contributed by atoms with van der Waals surface area (Å²) in [6, 6.07) is 8.90. The highest BCUT2D eigenvalue weighted by molar-refractivity contribution is 5.80. The molecule has 1 atom stereocenters. The number of likely N-dealkylation sites (N-methyl/N-ethyl adjacent to an activating group) is 1. The lowest BCUT2D eigenvalue weighted by atomic mass is 10.1. The van der Waals surface area contributed by atoms with Gasteiger partial charge in [0.05, 0.1) is 19.3 Å². The molecule has 0 saturated carbocycles. The van der Waals surface area contributed by atoms with Gasteiger partial charge in [0.25, 0.3) is 0 Å². The van der Waals surface area contributed by atoms with E-state index in [4.69, 9.17) is 4.74 Å². The number of fused-ring (bicyclic) bond motifs is 1. The van der Waals surface area contributed by atoms with E-state index in [1.165, 1.54) is 16.5 Å². The van der Waals surface area contributed by atoms with Crippen LogP contribution in [0.4, 0.5) is 0 Å². The van der Waals surface area contributed by atoms with Gasteiger partial charge in [0.2, 0.25) is 0 Å². The number of rotatable bonds is 5. The molecule has 114 valence electrons. The maximum atomic E-state index is 5.92. The van der Waals surface area contributed by atoms with Gasteiger partial charge in [-0.25, -0.2) is 0 Å². The first kappa shape index (κ1) is 14.6. The van der Waals surface area contributed by atoms with E-state index in [0.29, 0.717) is 6.10 Å². The molecular weight excluding hydrogens is 262 g/mol. The van der Waals surface area contributed by atoms with Gasteiger partial charge in [-0.3, -0.25) is 4.90 Å². The molecule has 21 heavy (non-hydrogen) atoms. The summed E-state index contributed by atoms with van der Waals surface area (Å²) in [5.74, 6) is 0. The monoisotopic (exact) mass is 287 g/mol. The Labute approximate surface area is 126 Å². The van der Waals surface area contributed by atoms with Crippen LogP contribution in [0, 0.1) is 0 Å². The summed E-state index contributed by atoms with van der Waals surface area (Å²) in [5.41, 5.74) is 2.63. The van der Waals surface area contributed by atoms with E-state index in [2.05, 4.69) is 52.2 Å². The number of ether oxygens (including phenoxy) is 1. The molecule has 1 unspecified atom stereocenters. The van der Waals surface area contributed by atoms with Crippen molar-refractivity contribution in [1.82, 2.24) is 14.8 Å². The molecule has 1 aromatic carbocycles. The molecule has 0 amide bonds. The fourth-order valence-corrected chi connectivity index (χ4v) is 3.12. The van der Waals surface area contributed by atoms with E-state index in [0.717, 1.165) is 39.3 Å². The molecule has 2 heterocycles. The number of morpholine rings is 1. The molecule has 1 aliphatic heterocycles. The van der Waals surface area contributed by atoms with Gasteiger partial charge in [-0.15, -0.1) is 0 Å². The zero-order valence-corrected chi connectivity index (χ0v) is 13.0. The normalized spacial score (nSPS) is 20.2. The van der Waals surface area contributed by atoms with Crippen LogP contribution in [0.2, 0.25) is 0 Å². The average molecular weight is 287 g/mol. The Morgan fingerprint density at radius 3 is 3.05 bits per heavy atom. The minimum atomic E-state index is 0.297. The van der Waals surface area contributed by atoms with Crippen molar-refractivity contribution in [2.24, 2.45) is 0 Å². The van der Waals surface area contributed by atoms with Crippen molar-refractivity contribution in [3.8, 4) is 0 Å². The first-order valence-corrected chi connectivity index (χ1v) is 7.86. The highest BCUT2D eigenvalue weighted by Gasteiger charge is 2.20. The Balaban J connectivity index is 1.75. The number of hydrogen-bond donors (Lipinski definition) is 1. The second-order valence-corrected chi connectivity index (χ2v) is 5.78. The van der Waals surface area contributed by atoms with E-state index in [1.807, 2.05) is 7.05 Å². The lowest BCUT2D eigenvalue weighted by Gasteiger charge is -2.32. The molecule has 4 nitrogen and oxygen atoms in total. The van der Waals surface area contributed by atoms with E-state index in [-0.39, 0.29) is 0 Å². The van der Waals surface area contributed by atoms with Gasteiger partial charge in [0.1, 0.15) is 0 Å². The average Bonchev–Trinajstić information content (AvgIpc) is 2.90. The van der Waals surface area contributed by atoms with E-state index in [9.17, 15) is 0 Å². The van der Waals surface area contributed by atoms with E-state index in [1.54, 1.807) is 0 Å². The van der Waals surface area contributed by atoms with Crippen LogP contribution in [-0.4, -0.2) is 48.9 Å². The van der Waals surface area contributed by atoms with Crippen molar-refractivity contribution in [2.45, 2.75) is 26.1 Å². The second-order valence-electron chi connectivity index (χ2n) is 5.78. The summed E-state index contributed by atoms with van der Waals surface area (Å²) in [5, 5.41) is 4.51. The maximum Gasteiger partial charge on any atom is 0.0881 e. The smallest absolute Gasteiger partial charge is 0.0881 e. The molecule has 1 fully saturated rings. The lowest BCUT2D eigenvalue weighted by molar-refractivity contribution is -0.0337. The van der Waals surface area contributed by atoms with Crippen LogP contribution in [0.15, 0.2) is 30.5 Å². The fourth-order valence-electron chi connectivity index (χ4n) is 3.12. The predicted molar refractivity (Wildman–Crippen MR) is 86.6 cm³/mol. The molecule has 0 aliphatic carbocycles. The van der Waals surface area contributed by atoms with Crippen LogP contribution < -0.4 is 5.32 Å². The van der Waals surface area contributed by atoms with Crippen molar-refractivity contribution >= 4 is 10.9 Å². The molecule has 3 rings (SSSR count). The molecule has 0 bridgehead atoms. The molecule has 0 radical (unpaired) electrons. The van der Waals surface area contributed by atoms with E-state index >= 15 is 0 Å². The molecule has 1 aliphatic rings. The molecular formula is C17H25N3O. The SMILES string of the molecule is CCN1CCOC(Cn2ccc3cc(CNC)ccc32)C1. The number of aromatic nitrogens is 1. The van der Waals surface area contributed by atoms with Crippen LogP contribution in [0.25, 0.3) is 10.9 Å². The molecule has 0 spiro atoms. The van der Waals surface area contributed by atoms with E-state index < -0.39 is 0 Å². The van der Waals surface area contributed by atoms with Gasteiger partial charge in [0, 0.05) is 31.3 Å². The molecule has 4 heteroatoms. The van der Waals surface area contributed by atoms with Crippen molar-refractivity contribution in [3.05, 3.63) is 36.0 Å². The first-order valence-electron chi connectivity index (χ1n) is 7.86. The van der Waals surface area contributed by atoms with Gasteiger partial charge in [-0.1, -0.05) is 13.0 Å². The quantitative estimate of drug-likeness (QED) is 0.913. The Morgan fingerprint density at radius 1 is 1.33 bits per heavy atom. The molecule has 1 aromatic heterocycles. The Bertz CT molecular complexity index is 593.